The van der Waals surface area contributed by atoms with Crippen LogP contribution in [0.1, 0.15) is 6.42 Å². The first-order chi connectivity index (χ1) is 5.25. The number of hydrogen-bond donors (Lipinski definition) is 2. The van der Waals surface area contributed by atoms with E-state index in [0.717, 1.165) is 13.0 Å². The molecule has 0 radical (unpaired) electrons. The Bertz CT molecular complexity index is 149. The van der Waals surface area contributed by atoms with E-state index in [0.29, 0.717) is 6.54 Å². The van der Waals surface area contributed by atoms with Crippen molar-refractivity contribution in [1.29, 1.82) is 0 Å². The Hall–Kier alpha value is -0.610. The maximum atomic E-state index is 11.0. The maximum Gasteiger partial charge on any atom is 0.311 e. The van der Waals surface area contributed by atoms with Gasteiger partial charge in [-0.15, -0.1) is 0 Å². The zero-order valence-electron chi connectivity index (χ0n) is 6.67. The minimum absolute atomic E-state index is 0.0382. The SMILES string of the molecule is COC(=O)[C@H]1CNCC[C@@H]1N. The zero-order valence-corrected chi connectivity index (χ0v) is 6.67. The smallest absolute Gasteiger partial charge is 0.311 e. The number of ether oxygens (including phenoxy) is 1. The molecule has 0 bridgehead atoms. The van der Waals surface area contributed by atoms with Crippen LogP contribution in [0.3, 0.4) is 0 Å². The summed E-state index contributed by atoms with van der Waals surface area (Å²) in [6, 6.07) is -0.0382. The van der Waals surface area contributed by atoms with Crippen LogP contribution < -0.4 is 11.1 Å². The second-order valence-corrected chi connectivity index (χ2v) is 2.79. The number of carbonyl (C=O) groups excluding carboxylic acids is 1. The average Bonchev–Trinajstić information content (AvgIpc) is 2.04. The molecule has 1 saturated heterocycles. The van der Waals surface area contributed by atoms with Crippen molar-refractivity contribution < 1.29 is 9.53 Å². The van der Waals surface area contributed by atoms with Crippen LogP contribution in [0.15, 0.2) is 0 Å². The van der Waals surface area contributed by atoms with Gasteiger partial charge in [-0.3, -0.25) is 4.79 Å². The normalized spacial score (nSPS) is 31.5. The Kier molecular flexibility index (Phi) is 2.84. The summed E-state index contributed by atoms with van der Waals surface area (Å²) in [7, 11) is 1.39. The van der Waals surface area contributed by atoms with Crippen molar-refractivity contribution in [2.45, 2.75) is 12.5 Å². The fourth-order valence-corrected chi connectivity index (χ4v) is 1.29. The summed E-state index contributed by atoms with van der Waals surface area (Å²) in [5.74, 6) is -0.363. The van der Waals surface area contributed by atoms with Crippen molar-refractivity contribution in [2.75, 3.05) is 20.2 Å². The highest BCUT2D eigenvalue weighted by Gasteiger charge is 2.28. The van der Waals surface area contributed by atoms with E-state index in [9.17, 15) is 4.79 Å². The van der Waals surface area contributed by atoms with Crippen molar-refractivity contribution in [1.82, 2.24) is 5.32 Å². The van der Waals surface area contributed by atoms with E-state index in [-0.39, 0.29) is 17.9 Å². The molecular weight excluding hydrogens is 144 g/mol. The molecule has 4 heteroatoms. The molecule has 1 heterocycles. The van der Waals surface area contributed by atoms with Crippen molar-refractivity contribution in [3.63, 3.8) is 0 Å². The second kappa shape index (κ2) is 3.69. The standard InChI is InChI=1S/C7H14N2O2/c1-11-7(10)5-4-9-3-2-6(5)8/h5-6,9H,2-4,8H2,1H3/t5-,6-/m0/s1. The van der Waals surface area contributed by atoms with E-state index in [1.54, 1.807) is 0 Å². The minimum atomic E-state index is -0.204. The molecule has 0 aromatic heterocycles. The molecule has 1 rings (SSSR count). The average molecular weight is 158 g/mol. The van der Waals surface area contributed by atoms with Gasteiger partial charge in [0, 0.05) is 12.6 Å². The molecule has 4 nitrogen and oxygen atoms in total. The Labute approximate surface area is 66.1 Å². The van der Waals surface area contributed by atoms with Crippen LogP contribution in [0.4, 0.5) is 0 Å². The lowest BCUT2D eigenvalue weighted by Crippen LogP contribution is -2.48. The zero-order chi connectivity index (χ0) is 8.27. The summed E-state index contributed by atoms with van der Waals surface area (Å²) in [6.07, 6.45) is 0.847. The number of methoxy groups -OCH3 is 1. The van der Waals surface area contributed by atoms with Gasteiger partial charge in [0.05, 0.1) is 13.0 Å². The lowest BCUT2D eigenvalue weighted by atomic mass is 9.94. The van der Waals surface area contributed by atoms with Gasteiger partial charge in [0.15, 0.2) is 0 Å². The van der Waals surface area contributed by atoms with Crippen LogP contribution in [0.2, 0.25) is 0 Å². The molecule has 2 atom stereocenters. The molecule has 1 fully saturated rings. The van der Waals surface area contributed by atoms with Crippen LogP contribution in [0.5, 0.6) is 0 Å². The summed E-state index contributed by atoms with van der Waals surface area (Å²) < 4.78 is 4.60. The topological polar surface area (TPSA) is 64.3 Å². The first-order valence-electron chi connectivity index (χ1n) is 3.80. The molecule has 1 aliphatic heterocycles. The molecule has 11 heavy (non-hydrogen) atoms. The van der Waals surface area contributed by atoms with Gasteiger partial charge in [0.2, 0.25) is 0 Å². The molecule has 1 aliphatic rings. The highest BCUT2D eigenvalue weighted by Crippen LogP contribution is 2.09. The first kappa shape index (κ1) is 8.49. The second-order valence-electron chi connectivity index (χ2n) is 2.79. The molecule has 64 valence electrons. The number of piperidine rings is 1. The van der Waals surface area contributed by atoms with E-state index >= 15 is 0 Å². The van der Waals surface area contributed by atoms with Crippen LogP contribution in [0, 0.1) is 5.92 Å². The van der Waals surface area contributed by atoms with Crippen molar-refractivity contribution in [3.05, 3.63) is 0 Å². The van der Waals surface area contributed by atoms with Gasteiger partial charge in [-0.2, -0.15) is 0 Å². The molecule has 0 aromatic carbocycles. The number of rotatable bonds is 1. The number of nitrogens with two attached hydrogens (primary N) is 1. The Morgan fingerprint density at radius 1 is 1.73 bits per heavy atom. The van der Waals surface area contributed by atoms with Gasteiger partial charge in [-0.1, -0.05) is 0 Å². The van der Waals surface area contributed by atoms with Crippen molar-refractivity contribution >= 4 is 5.97 Å². The molecule has 0 aliphatic carbocycles. The Balaban J connectivity index is 2.47. The summed E-state index contributed by atoms with van der Waals surface area (Å²) in [4.78, 5) is 11.0. The molecule has 3 N–H and O–H groups in total. The minimum Gasteiger partial charge on any atom is -0.469 e. The fourth-order valence-electron chi connectivity index (χ4n) is 1.29. The Morgan fingerprint density at radius 2 is 2.45 bits per heavy atom. The summed E-state index contributed by atoms with van der Waals surface area (Å²) >= 11 is 0. The monoisotopic (exact) mass is 158 g/mol. The third kappa shape index (κ3) is 1.91. The third-order valence-corrected chi connectivity index (χ3v) is 2.04. The van der Waals surface area contributed by atoms with Gasteiger partial charge >= 0.3 is 5.97 Å². The molecular formula is C7H14N2O2. The predicted molar refractivity (Wildman–Crippen MR) is 41.0 cm³/mol. The predicted octanol–water partition coefficient (Wildman–Crippen LogP) is -0.904. The van der Waals surface area contributed by atoms with Gasteiger partial charge in [-0.25, -0.2) is 0 Å². The van der Waals surface area contributed by atoms with E-state index in [2.05, 4.69) is 10.1 Å². The van der Waals surface area contributed by atoms with Gasteiger partial charge < -0.3 is 15.8 Å². The number of nitrogens with one attached hydrogen (secondary N) is 1. The van der Waals surface area contributed by atoms with E-state index in [1.165, 1.54) is 7.11 Å². The van der Waals surface area contributed by atoms with Crippen molar-refractivity contribution in [2.24, 2.45) is 11.7 Å². The molecule has 0 saturated carbocycles. The fraction of sp³-hybridized carbons (Fsp3) is 0.857. The highest BCUT2D eigenvalue weighted by atomic mass is 16.5. The Morgan fingerprint density at radius 3 is 3.00 bits per heavy atom. The summed E-state index contributed by atoms with van der Waals surface area (Å²) in [6.45, 7) is 1.54. The largest absolute Gasteiger partial charge is 0.469 e. The van der Waals surface area contributed by atoms with Gasteiger partial charge in [0.1, 0.15) is 0 Å². The van der Waals surface area contributed by atoms with E-state index < -0.39 is 0 Å². The number of carbonyl (C=O) groups is 1. The quantitative estimate of drug-likeness (QED) is 0.485. The lowest BCUT2D eigenvalue weighted by molar-refractivity contribution is -0.146. The van der Waals surface area contributed by atoms with Crippen LogP contribution in [-0.4, -0.2) is 32.2 Å². The van der Waals surface area contributed by atoms with Gasteiger partial charge in [0.25, 0.3) is 0 Å². The van der Waals surface area contributed by atoms with E-state index in [4.69, 9.17) is 5.73 Å². The highest BCUT2D eigenvalue weighted by molar-refractivity contribution is 5.73. The summed E-state index contributed by atoms with van der Waals surface area (Å²) in [5.41, 5.74) is 5.71. The van der Waals surface area contributed by atoms with Crippen LogP contribution in [-0.2, 0) is 9.53 Å². The van der Waals surface area contributed by atoms with Crippen molar-refractivity contribution in [3.8, 4) is 0 Å². The van der Waals surface area contributed by atoms with Crippen LogP contribution >= 0.6 is 0 Å². The molecule has 0 amide bonds. The van der Waals surface area contributed by atoms with Crippen LogP contribution in [0.25, 0.3) is 0 Å². The first-order valence-corrected chi connectivity index (χ1v) is 3.80. The summed E-state index contributed by atoms with van der Waals surface area (Å²) in [5, 5.41) is 3.10. The third-order valence-electron chi connectivity index (χ3n) is 2.04. The van der Waals surface area contributed by atoms with Gasteiger partial charge in [-0.05, 0) is 13.0 Å². The number of hydrogen-bond acceptors (Lipinski definition) is 4. The maximum absolute atomic E-state index is 11.0. The molecule has 0 spiro atoms. The lowest BCUT2D eigenvalue weighted by Gasteiger charge is -2.26. The van der Waals surface area contributed by atoms with E-state index in [1.807, 2.05) is 0 Å². The number of esters is 1. The molecule has 0 aromatic rings. The molecule has 0 unspecified atom stereocenters.